The van der Waals surface area contributed by atoms with E-state index in [0.29, 0.717) is 22.3 Å². The van der Waals surface area contributed by atoms with Gasteiger partial charge < -0.3 is 14.9 Å². The fourth-order valence-electron chi connectivity index (χ4n) is 5.14. The molecule has 0 aromatic heterocycles. The summed E-state index contributed by atoms with van der Waals surface area (Å²) in [5.74, 6) is -1.87. The van der Waals surface area contributed by atoms with Gasteiger partial charge in [0.2, 0.25) is 0 Å². The number of aliphatic hydroxyl groups is 1. The molecule has 0 amide bonds. The fourth-order valence-corrected chi connectivity index (χ4v) is 5.14. The van der Waals surface area contributed by atoms with E-state index in [1.54, 1.807) is 52.0 Å². The molecule has 0 spiro atoms. The maximum atomic E-state index is 13.1. The number of allylic oxidation sites excluding steroid dienone is 6. The van der Waals surface area contributed by atoms with Crippen molar-refractivity contribution in [1.82, 2.24) is 0 Å². The van der Waals surface area contributed by atoms with Crippen molar-refractivity contribution in [3.8, 4) is 0 Å². The third kappa shape index (κ3) is 6.34. The van der Waals surface area contributed by atoms with Gasteiger partial charge in [-0.15, -0.1) is 0 Å². The van der Waals surface area contributed by atoms with Crippen LogP contribution in [0.1, 0.15) is 68.2 Å². The van der Waals surface area contributed by atoms with E-state index in [1.807, 2.05) is 27.7 Å². The van der Waals surface area contributed by atoms with Gasteiger partial charge in [-0.25, -0.2) is 9.59 Å². The number of carbonyl (C=O) groups excluding carboxylic acids is 3. The summed E-state index contributed by atoms with van der Waals surface area (Å²) in [6.07, 6.45) is 12.0. The highest BCUT2D eigenvalue weighted by atomic mass is 16.6. The number of hydrogen-bond donors (Lipinski definition) is 2. The van der Waals surface area contributed by atoms with E-state index in [2.05, 4.69) is 0 Å². The molecule has 200 valence electrons. The lowest BCUT2D eigenvalue weighted by Gasteiger charge is -2.46. The van der Waals surface area contributed by atoms with Gasteiger partial charge in [-0.3, -0.25) is 9.59 Å². The Labute approximate surface area is 219 Å². The molecule has 2 N–H and O–H groups in total. The smallest absolute Gasteiger partial charge is 0.332 e. The molecule has 7 heteroatoms. The zero-order chi connectivity index (χ0) is 28.4. The first kappa shape index (κ1) is 29.9. The molecule has 2 aliphatic rings. The van der Waals surface area contributed by atoms with Crippen molar-refractivity contribution in [1.29, 1.82) is 0 Å². The van der Waals surface area contributed by atoms with E-state index in [-0.39, 0.29) is 24.4 Å². The van der Waals surface area contributed by atoms with E-state index >= 15 is 0 Å². The molecule has 7 nitrogen and oxygen atoms in total. The number of ether oxygens (including phenoxy) is 1. The van der Waals surface area contributed by atoms with Gasteiger partial charge in [0.25, 0.3) is 0 Å². The Hall–Kier alpha value is -3.32. The van der Waals surface area contributed by atoms with Crippen LogP contribution in [0.4, 0.5) is 0 Å². The van der Waals surface area contributed by atoms with Crippen molar-refractivity contribution in [2.45, 2.75) is 79.4 Å². The van der Waals surface area contributed by atoms with Gasteiger partial charge in [-0.2, -0.15) is 0 Å². The molecule has 0 aromatic carbocycles. The molecule has 0 saturated carbocycles. The second-order valence-corrected chi connectivity index (χ2v) is 11.4. The van der Waals surface area contributed by atoms with Crippen LogP contribution in [0.15, 0.2) is 70.9 Å². The van der Waals surface area contributed by atoms with Gasteiger partial charge in [0.1, 0.15) is 5.60 Å². The Morgan fingerprint density at radius 3 is 1.84 bits per heavy atom. The van der Waals surface area contributed by atoms with Gasteiger partial charge >= 0.3 is 11.9 Å². The number of hydrogen-bond acceptors (Lipinski definition) is 6. The van der Waals surface area contributed by atoms with Gasteiger partial charge in [-0.05, 0) is 74.3 Å². The van der Waals surface area contributed by atoms with Crippen molar-refractivity contribution in [3.05, 3.63) is 70.9 Å². The topological polar surface area (TPSA) is 118 Å². The lowest BCUT2D eigenvalue weighted by Crippen LogP contribution is -2.51. The Kier molecular flexibility index (Phi) is 8.55. The maximum absolute atomic E-state index is 13.1. The van der Waals surface area contributed by atoms with E-state index < -0.39 is 34.0 Å². The quantitative estimate of drug-likeness (QED) is 0.282. The van der Waals surface area contributed by atoms with Crippen molar-refractivity contribution in [2.75, 3.05) is 0 Å². The molecular weight excluding hydrogens is 472 g/mol. The van der Waals surface area contributed by atoms with Crippen LogP contribution in [-0.2, 0) is 23.9 Å². The number of carboxylic acid groups (broad SMARTS) is 1. The lowest BCUT2D eigenvalue weighted by atomic mass is 9.64. The van der Waals surface area contributed by atoms with Crippen LogP contribution in [0.5, 0.6) is 0 Å². The minimum atomic E-state index is -1.36. The molecule has 0 heterocycles. The summed E-state index contributed by atoms with van der Waals surface area (Å²) in [5.41, 5.74) is -2.13. The highest BCUT2D eigenvalue weighted by Crippen LogP contribution is 2.47. The Morgan fingerprint density at radius 2 is 1.32 bits per heavy atom. The average Bonchev–Trinajstić information content (AvgIpc) is 2.71. The van der Waals surface area contributed by atoms with Crippen molar-refractivity contribution in [3.63, 3.8) is 0 Å². The average molecular weight is 511 g/mol. The summed E-state index contributed by atoms with van der Waals surface area (Å²) in [4.78, 5) is 48.4. The largest absolute Gasteiger partial charge is 0.478 e. The predicted molar refractivity (Wildman–Crippen MR) is 142 cm³/mol. The Balaban J connectivity index is 2.43. The summed E-state index contributed by atoms with van der Waals surface area (Å²) >= 11 is 0. The summed E-state index contributed by atoms with van der Waals surface area (Å²) in [6, 6.07) is 0. The monoisotopic (exact) mass is 510 g/mol. The molecule has 37 heavy (non-hydrogen) atoms. The summed E-state index contributed by atoms with van der Waals surface area (Å²) in [5, 5.41) is 20.4. The number of carboxylic acids is 1. The maximum Gasteiger partial charge on any atom is 0.332 e. The van der Waals surface area contributed by atoms with Crippen molar-refractivity contribution in [2.24, 2.45) is 10.8 Å². The fraction of sp³-hybridized carbons (Fsp3) is 0.467. The first-order valence-corrected chi connectivity index (χ1v) is 12.2. The van der Waals surface area contributed by atoms with E-state index in [4.69, 9.17) is 9.84 Å². The summed E-state index contributed by atoms with van der Waals surface area (Å²) in [6.45, 7) is 14.0. The molecule has 0 bridgehead atoms. The highest BCUT2D eigenvalue weighted by Gasteiger charge is 2.51. The van der Waals surface area contributed by atoms with E-state index in [1.165, 1.54) is 18.2 Å². The Bertz CT molecular complexity index is 1190. The van der Waals surface area contributed by atoms with E-state index in [9.17, 15) is 24.3 Å². The SMILES string of the molecule is CC(C=C[C@@]1(OC(=O)C=C(C)C=C[C@@]2(O)C(C)=CC(=O)CC2(C)C)C(C)=CC(=O)CC1(C)C)=CC(=O)O. The normalized spacial score (nSPS) is 28.4. The second kappa shape index (κ2) is 10.6. The number of ketones is 2. The number of esters is 1. The first-order valence-electron chi connectivity index (χ1n) is 12.2. The molecule has 0 aliphatic heterocycles. The second-order valence-electron chi connectivity index (χ2n) is 11.4. The van der Waals surface area contributed by atoms with Crippen LogP contribution in [0.2, 0.25) is 0 Å². The zero-order valence-electron chi connectivity index (χ0n) is 23.0. The van der Waals surface area contributed by atoms with Gasteiger partial charge in [0.05, 0.1) is 0 Å². The molecule has 0 radical (unpaired) electrons. The molecule has 2 rings (SSSR count). The van der Waals surface area contributed by atoms with Crippen LogP contribution in [0.25, 0.3) is 0 Å². The minimum Gasteiger partial charge on any atom is -0.478 e. The minimum absolute atomic E-state index is 0.0415. The lowest BCUT2D eigenvalue weighted by molar-refractivity contribution is -0.157. The summed E-state index contributed by atoms with van der Waals surface area (Å²) < 4.78 is 6.02. The van der Waals surface area contributed by atoms with Crippen LogP contribution < -0.4 is 0 Å². The van der Waals surface area contributed by atoms with Gasteiger partial charge in [0.15, 0.2) is 17.2 Å². The molecule has 0 aromatic rings. The van der Waals surface area contributed by atoms with Crippen molar-refractivity contribution < 1.29 is 34.1 Å². The van der Waals surface area contributed by atoms with Crippen LogP contribution in [-0.4, -0.2) is 44.9 Å². The number of aliphatic carboxylic acids is 1. The van der Waals surface area contributed by atoms with Gasteiger partial charge in [-0.1, -0.05) is 39.8 Å². The molecule has 2 atom stereocenters. The predicted octanol–water partition coefficient (Wildman–Crippen LogP) is 4.98. The van der Waals surface area contributed by atoms with E-state index in [0.717, 1.165) is 6.08 Å². The number of carbonyl (C=O) groups is 4. The van der Waals surface area contributed by atoms with Gasteiger partial charge in [0, 0.05) is 35.8 Å². The van der Waals surface area contributed by atoms with Crippen LogP contribution in [0, 0.1) is 10.8 Å². The third-order valence-corrected chi connectivity index (χ3v) is 7.34. The molecular formula is C30H38O7. The van der Waals surface area contributed by atoms with Crippen molar-refractivity contribution >= 4 is 23.5 Å². The molecule has 0 unspecified atom stereocenters. The standard InChI is InChI=1S/C30H38O7/c1-19(13-25(33)34)10-12-30(22(4)16-24(32)18-28(30,7)8)37-26(35)14-20(2)9-11-29(36)21(3)15-23(31)17-27(29,5)6/h9-16,36H,17-18H2,1-8H3,(H,33,34)/t29-,30-/m1/s1. The molecule has 0 fully saturated rings. The highest BCUT2D eigenvalue weighted by molar-refractivity contribution is 5.94. The van der Waals surface area contributed by atoms with Crippen LogP contribution in [0.3, 0.4) is 0 Å². The molecule has 2 aliphatic carbocycles. The summed E-state index contributed by atoms with van der Waals surface area (Å²) in [7, 11) is 0. The number of rotatable bonds is 7. The Morgan fingerprint density at radius 1 is 0.838 bits per heavy atom. The van der Waals surface area contributed by atoms with Crippen LogP contribution >= 0.6 is 0 Å². The zero-order valence-corrected chi connectivity index (χ0v) is 23.0. The first-order chi connectivity index (χ1) is 16.8. The third-order valence-electron chi connectivity index (χ3n) is 7.34. The molecule has 0 saturated heterocycles.